The van der Waals surface area contributed by atoms with Gasteiger partial charge in [-0.15, -0.1) is 0 Å². The third-order valence-corrected chi connectivity index (χ3v) is 3.80. The molecular formula is C18H14O. The topological polar surface area (TPSA) is 9.23 Å². The average molecular weight is 246 g/mol. The maximum atomic E-state index is 6.21. The maximum absolute atomic E-state index is 6.21. The summed E-state index contributed by atoms with van der Waals surface area (Å²) in [5.74, 6) is 1.06. The molecule has 0 fully saturated rings. The number of ether oxygens (including phenoxy) is 1. The van der Waals surface area contributed by atoms with E-state index in [4.69, 9.17) is 4.74 Å². The predicted molar refractivity (Wildman–Crippen MR) is 77.5 cm³/mol. The molecule has 1 heterocycles. The lowest BCUT2D eigenvalue weighted by atomic mass is 10.0. The summed E-state index contributed by atoms with van der Waals surface area (Å²) in [6.07, 6.45) is 1.12. The van der Waals surface area contributed by atoms with Crippen LogP contribution in [0.25, 0.3) is 10.8 Å². The summed E-state index contributed by atoms with van der Waals surface area (Å²) in [6.45, 7) is 0. The van der Waals surface area contributed by atoms with Crippen LogP contribution in [0, 0.1) is 0 Å². The molecule has 3 aromatic carbocycles. The van der Waals surface area contributed by atoms with E-state index in [9.17, 15) is 0 Å². The zero-order valence-corrected chi connectivity index (χ0v) is 10.5. The zero-order chi connectivity index (χ0) is 12.7. The van der Waals surface area contributed by atoms with Crippen LogP contribution in [0.2, 0.25) is 0 Å². The molecule has 1 atom stereocenters. The van der Waals surface area contributed by atoms with Crippen molar-refractivity contribution >= 4 is 10.8 Å². The molecule has 4 rings (SSSR count). The molecule has 1 heteroatoms. The minimum absolute atomic E-state index is 0.155. The highest BCUT2D eigenvalue weighted by Gasteiger charge is 2.25. The Kier molecular flexibility index (Phi) is 2.31. The number of fused-ring (bicyclic) bond motifs is 3. The summed E-state index contributed by atoms with van der Waals surface area (Å²) < 4.78 is 6.21. The molecule has 0 bridgehead atoms. The van der Waals surface area contributed by atoms with Gasteiger partial charge < -0.3 is 4.74 Å². The van der Waals surface area contributed by atoms with E-state index in [1.54, 1.807) is 0 Å². The van der Waals surface area contributed by atoms with Crippen LogP contribution in [0.3, 0.4) is 0 Å². The minimum Gasteiger partial charge on any atom is -0.484 e. The van der Waals surface area contributed by atoms with E-state index >= 15 is 0 Å². The standard InChI is InChI=1S/C18H14O/c1-2-7-14(8-3-1)17-12-15-11-10-13-6-4-5-9-16(13)18(15)19-17/h1-11,17H,12H2. The Bertz CT molecular complexity index is 731. The number of hydrogen-bond acceptors (Lipinski definition) is 1. The van der Waals surface area contributed by atoms with E-state index in [1.807, 2.05) is 6.07 Å². The highest BCUT2D eigenvalue weighted by Crippen LogP contribution is 2.41. The highest BCUT2D eigenvalue weighted by atomic mass is 16.5. The summed E-state index contributed by atoms with van der Waals surface area (Å²) in [7, 11) is 0. The van der Waals surface area contributed by atoms with E-state index < -0.39 is 0 Å². The molecule has 0 saturated carbocycles. The Morgan fingerprint density at radius 3 is 2.47 bits per heavy atom. The summed E-state index contributed by atoms with van der Waals surface area (Å²) in [5, 5.41) is 2.47. The fourth-order valence-corrected chi connectivity index (χ4v) is 2.83. The monoisotopic (exact) mass is 246 g/mol. The summed E-state index contributed by atoms with van der Waals surface area (Å²) >= 11 is 0. The molecule has 0 spiro atoms. The Balaban J connectivity index is 1.80. The lowest BCUT2D eigenvalue weighted by Crippen LogP contribution is -2.02. The van der Waals surface area contributed by atoms with Gasteiger partial charge in [-0.3, -0.25) is 0 Å². The molecule has 1 unspecified atom stereocenters. The molecule has 0 saturated heterocycles. The second-order valence-electron chi connectivity index (χ2n) is 5.00. The van der Waals surface area contributed by atoms with Crippen molar-refractivity contribution in [3.63, 3.8) is 0 Å². The number of rotatable bonds is 1. The van der Waals surface area contributed by atoms with E-state index in [0.29, 0.717) is 0 Å². The second kappa shape index (κ2) is 4.13. The van der Waals surface area contributed by atoms with Crippen LogP contribution in [-0.2, 0) is 6.42 Å². The van der Waals surface area contributed by atoms with Gasteiger partial charge in [0.2, 0.25) is 0 Å². The normalized spacial score (nSPS) is 17.2. The van der Waals surface area contributed by atoms with Crippen molar-refractivity contribution in [2.75, 3.05) is 0 Å². The van der Waals surface area contributed by atoms with Crippen LogP contribution in [0.1, 0.15) is 17.2 Å². The third-order valence-electron chi connectivity index (χ3n) is 3.80. The number of hydrogen-bond donors (Lipinski definition) is 0. The Morgan fingerprint density at radius 1 is 0.789 bits per heavy atom. The molecule has 1 aliphatic rings. The molecule has 0 radical (unpaired) electrons. The lowest BCUT2D eigenvalue weighted by molar-refractivity contribution is 0.241. The maximum Gasteiger partial charge on any atom is 0.131 e. The van der Waals surface area contributed by atoms with Gasteiger partial charge in [-0.05, 0) is 16.5 Å². The lowest BCUT2D eigenvalue weighted by Gasteiger charge is -2.11. The molecule has 0 N–H and O–H groups in total. The van der Waals surface area contributed by atoms with Crippen molar-refractivity contribution in [2.24, 2.45) is 0 Å². The molecule has 1 aliphatic heterocycles. The quantitative estimate of drug-likeness (QED) is 0.613. The average Bonchev–Trinajstić information content (AvgIpc) is 2.93. The SMILES string of the molecule is c1ccc(C2Cc3ccc4ccccc4c3O2)cc1. The van der Waals surface area contributed by atoms with Crippen LogP contribution >= 0.6 is 0 Å². The van der Waals surface area contributed by atoms with Crippen LogP contribution in [-0.4, -0.2) is 0 Å². The molecule has 0 aliphatic carbocycles. The number of benzene rings is 3. The largest absolute Gasteiger partial charge is 0.484 e. The van der Waals surface area contributed by atoms with Gasteiger partial charge in [0, 0.05) is 11.8 Å². The van der Waals surface area contributed by atoms with Gasteiger partial charge in [-0.2, -0.15) is 0 Å². The summed E-state index contributed by atoms with van der Waals surface area (Å²) in [4.78, 5) is 0. The van der Waals surface area contributed by atoms with E-state index in [-0.39, 0.29) is 6.10 Å². The van der Waals surface area contributed by atoms with Gasteiger partial charge in [0.1, 0.15) is 11.9 Å². The smallest absolute Gasteiger partial charge is 0.131 e. The summed E-state index contributed by atoms with van der Waals surface area (Å²) in [6, 6.07) is 23.3. The first-order chi connectivity index (χ1) is 9.42. The Hall–Kier alpha value is -2.28. The zero-order valence-electron chi connectivity index (χ0n) is 10.5. The minimum atomic E-state index is 0.155. The highest BCUT2D eigenvalue weighted by molar-refractivity contribution is 5.90. The second-order valence-corrected chi connectivity index (χ2v) is 5.00. The first-order valence-electron chi connectivity index (χ1n) is 6.64. The van der Waals surface area contributed by atoms with Crippen molar-refractivity contribution in [2.45, 2.75) is 12.5 Å². The molecule has 3 aromatic rings. The van der Waals surface area contributed by atoms with Crippen LogP contribution in [0.4, 0.5) is 0 Å². The van der Waals surface area contributed by atoms with Gasteiger partial charge >= 0.3 is 0 Å². The van der Waals surface area contributed by atoms with Gasteiger partial charge in [-0.1, -0.05) is 66.7 Å². The van der Waals surface area contributed by atoms with Crippen molar-refractivity contribution < 1.29 is 4.74 Å². The van der Waals surface area contributed by atoms with Crippen molar-refractivity contribution in [3.05, 3.63) is 77.9 Å². The van der Waals surface area contributed by atoms with Crippen molar-refractivity contribution in [3.8, 4) is 5.75 Å². The van der Waals surface area contributed by atoms with Gasteiger partial charge in [0.05, 0.1) is 0 Å². The molecule has 0 aromatic heterocycles. The van der Waals surface area contributed by atoms with E-state index in [1.165, 1.54) is 21.9 Å². The molecule has 1 nitrogen and oxygen atoms in total. The molecular weight excluding hydrogens is 232 g/mol. The van der Waals surface area contributed by atoms with E-state index in [2.05, 4.69) is 60.7 Å². The molecule has 19 heavy (non-hydrogen) atoms. The van der Waals surface area contributed by atoms with E-state index in [0.717, 1.165) is 12.2 Å². The Labute approximate surface area is 112 Å². The van der Waals surface area contributed by atoms with Crippen molar-refractivity contribution in [1.82, 2.24) is 0 Å². The fraction of sp³-hybridized carbons (Fsp3) is 0.111. The van der Waals surface area contributed by atoms with Gasteiger partial charge in [-0.25, -0.2) is 0 Å². The summed E-state index contributed by atoms with van der Waals surface area (Å²) in [5.41, 5.74) is 2.57. The predicted octanol–water partition coefficient (Wildman–Crippen LogP) is 4.52. The van der Waals surface area contributed by atoms with Crippen LogP contribution < -0.4 is 4.74 Å². The first kappa shape index (κ1) is 10.6. The Morgan fingerprint density at radius 2 is 1.58 bits per heavy atom. The van der Waals surface area contributed by atoms with Gasteiger partial charge in [0.15, 0.2) is 0 Å². The molecule has 0 amide bonds. The third kappa shape index (κ3) is 1.70. The van der Waals surface area contributed by atoms with Crippen LogP contribution in [0.15, 0.2) is 66.7 Å². The van der Waals surface area contributed by atoms with Crippen LogP contribution in [0.5, 0.6) is 5.75 Å². The van der Waals surface area contributed by atoms with Gasteiger partial charge in [0.25, 0.3) is 0 Å². The first-order valence-corrected chi connectivity index (χ1v) is 6.64. The molecule has 92 valence electrons. The fourth-order valence-electron chi connectivity index (χ4n) is 2.83. The van der Waals surface area contributed by atoms with Crippen molar-refractivity contribution in [1.29, 1.82) is 0 Å².